The molecular formula is C22H33N5OS. The molecule has 1 aliphatic carbocycles. The van der Waals surface area contributed by atoms with Crippen LogP contribution in [-0.2, 0) is 17.6 Å². The summed E-state index contributed by atoms with van der Waals surface area (Å²) >= 11 is 1.87. The van der Waals surface area contributed by atoms with E-state index in [1.165, 1.54) is 28.7 Å². The third-order valence-electron chi connectivity index (χ3n) is 6.43. The molecule has 0 spiro atoms. The van der Waals surface area contributed by atoms with Crippen molar-refractivity contribution >= 4 is 33.3 Å². The van der Waals surface area contributed by atoms with Crippen LogP contribution in [0.25, 0.3) is 10.2 Å². The van der Waals surface area contributed by atoms with Gasteiger partial charge in [-0.1, -0.05) is 6.92 Å². The number of aromatic nitrogens is 2. The molecule has 2 aliphatic rings. The maximum absolute atomic E-state index is 12.5. The fourth-order valence-electron chi connectivity index (χ4n) is 4.71. The lowest BCUT2D eigenvalue weighted by atomic mass is 9.89. The molecule has 1 amide bonds. The zero-order valence-electron chi connectivity index (χ0n) is 18.0. The Morgan fingerprint density at radius 3 is 2.83 bits per heavy atom. The summed E-state index contributed by atoms with van der Waals surface area (Å²) in [4.78, 5) is 31.2. The van der Waals surface area contributed by atoms with Crippen molar-refractivity contribution in [2.45, 2.75) is 46.5 Å². The van der Waals surface area contributed by atoms with Gasteiger partial charge in [-0.15, -0.1) is 11.3 Å². The largest absolute Gasteiger partial charge is 0.355 e. The highest BCUT2D eigenvalue weighted by molar-refractivity contribution is 7.19. The molecule has 0 aromatic carbocycles. The van der Waals surface area contributed by atoms with Crippen LogP contribution in [0.3, 0.4) is 0 Å². The van der Waals surface area contributed by atoms with Gasteiger partial charge in [0, 0.05) is 44.1 Å². The van der Waals surface area contributed by atoms with Crippen LogP contribution in [0.5, 0.6) is 0 Å². The Kier molecular flexibility index (Phi) is 6.35. The van der Waals surface area contributed by atoms with Gasteiger partial charge >= 0.3 is 0 Å². The summed E-state index contributed by atoms with van der Waals surface area (Å²) in [5, 5.41) is 1.30. The van der Waals surface area contributed by atoms with Gasteiger partial charge in [0.2, 0.25) is 5.91 Å². The molecule has 1 fully saturated rings. The van der Waals surface area contributed by atoms with Crippen molar-refractivity contribution < 1.29 is 4.79 Å². The molecule has 2 aromatic heterocycles. The minimum atomic E-state index is 0.244. The Hall–Kier alpha value is -1.73. The van der Waals surface area contributed by atoms with E-state index in [-0.39, 0.29) is 5.91 Å². The third kappa shape index (κ3) is 4.26. The van der Waals surface area contributed by atoms with Crippen molar-refractivity contribution in [3.63, 3.8) is 0 Å². The van der Waals surface area contributed by atoms with Crippen LogP contribution in [0.2, 0.25) is 0 Å². The maximum atomic E-state index is 12.5. The number of hydrogen-bond donors (Lipinski definition) is 0. The first-order chi connectivity index (χ1) is 14.1. The molecule has 0 unspecified atom stereocenters. The Labute approximate surface area is 177 Å². The lowest BCUT2D eigenvalue weighted by molar-refractivity contribution is -0.132. The Balaban J connectivity index is 1.51. The SMILES string of the molecule is CCN(CC)C(=O)CN1CCCN(c2ncnc3sc4c(c23)CC[C@H](C)C4)CC1. The van der Waals surface area contributed by atoms with Crippen LogP contribution < -0.4 is 4.90 Å². The van der Waals surface area contributed by atoms with E-state index in [1.807, 2.05) is 30.1 Å². The summed E-state index contributed by atoms with van der Waals surface area (Å²) in [7, 11) is 0. The molecular weight excluding hydrogens is 382 g/mol. The lowest BCUT2D eigenvalue weighted by Crippen LogP contribution is -2.41. The van der Waals surface area contributed by atoms with Crippen LogP contribution >= 0.6 is 11.3 Å². The summed E-state index contributed by atoms with van der Waals surface area (Å²) < 4.78 is 0. The molecule has 1 atom stereocenters. The highest BCUT2D eigenvalue weighted by Gasteiger charge is 2.26. The van der Waals surface area contributed by atoms with E-state index < -0.39 is 0 Å². The van der Waals surface area contributed by atoms with Gasteiger partial charge in [-0.25, -0.2) is 9.97 Å². The van der Waals surface area contributed by atoms with Crippen molar-refractivity contribution in [3.8, 4) is 0 Å². The van der Waals surface area contributed by atoms with Crippen molar-refractivity contribution in [3.05, 3.63) is 16.8 Å². The average molecular weight is 416 g/mol. The summed E-state index contributed by atoms with van der Waals surface area (Å²) in [6, 6.07) is 0. The van der Waals surface area contributed by atoms with E-state index in [1.54, 1.807) is 6.33 Å². The van der Waals surface area contributed by atoms with Crippen molar-refractivity contribution in [1.29, 1.82) is 0 Å². The van der Waals surface area contributed by atoms with E-state index in [0.717, 1.165) is 68.7 Å². The predicted octanol–water partition coefficient (Wildman–Crippen LogP) is 3.20. The molecule has 0 bridgehead atoms. The van der Waals surface area contributed by atoms with Gasteiger partial charge in [-0.3, -0.25) is 9.69 Å². The second-order valence-corrected chi connectivity index (χ2v) is 9.50. The quantitative estimate of drug-likeness (QED) is 0.751. The molecule has 158 valence electrons. The van der Waals surface area contributed by atoms with Crippen LogP contribution in [0.15, 0.2) is 6.33 Å². The predicted molar refractivity (Wildman–Crippen MR) is 120 cm³/mol. The molecule has 1 aliphatic heterocycles. The van der Waals surface area contributed by atoms with Crippen LogP contribution in [-0.4, -0.2) is 71.5 Å². The zero-order valence-corrected chi connectivity index (χ0v) is 18.8. The Bertz CT molecular complexity index is 862. The second-order valence-electron chi connectivity index (χ2n) is 8.41. The number of amides is 1. The van der Waals surface area contributed by atoms with E-state index >= 15 is 0 Å². The summed E-state index contributed by atoms with van der Waals surface area (Å²) in [6.07, 6.45) is 6.37. The number of nitrogens with zero attached hydrogens (tertiary/aromatic N) is 5. The highest BCUT2D eigenvalue weighted by Crippen LogP contribution is 2.40. The van der Waals surface area contributed by atoms with Gasteiger partial charge < -0.3 is 9.80 Å². The first-order valence-electron chi connectivity index (χ1n) is 11.1. The van der Waals surface area contributed by atoms with Gasteiger partial charge in [-0.05, 0) is 51.0 Å². The molecule has 0 radical (unpaired) electrons. The molecule has 0 N–H and O–H groups in total. The standard InChI is InChI=1S/C22H33N5OS/c1-4-26(5-2)19(28)14-25-9-6-10-27(12-11-25)21-20-17-8-7-16(3)13-18(17)29-22(20)24-15-23-21/h15-16H,4-14H2,1-3H3/t16-/m0/s1. The smallest absolute Gasteiger partial charge is 0.236 e. The Morgan fingerprint density at radius 1 is 1.21 bits per heavy atom. The highest BCUT2D eigenvalue weighted by atomic mass is 32.1. The number of carbonyl (C=O) groups is 1. The fraction of sp³-hybridized carbons (Fsp3) is 0.682. The second kappa shape index (κ2) is 8.96. The molecule has 3 heterocycles. The monoisotopic (exact) mass is 415 g/mol. The van der Waals surface area contributed by atoms with Crippen molar-refractivity contribution in [2.24, 2.45) is 5.92 Å². The number of thiophene rings is 1. The van der Waals surface area contributed by atoms with Crippen LogP contribution in [0.4, 0.5) is 5.82 Å². The summed E-state index contributed by atoms with van der Waals surface area (Å²) in [5.41, 5.74) is 1.50. The van der Waals surface area contributed by atoms with Gasteiger partial charge in [0.15, 0.2) is 0 Å². The van der Waals surface area contributed by atoms with Gasteiger partial charge in [0.1, 0.15) is 17.0 Å². The molecule has 29 heavy (non-hydrogen) atoms. The number of aryl methyl sites for hydroxylation is 1. The zero-order chi connectivity index (χ0) is 20.4. The lowest BCUT2D eigenvalue weighted by Gasteiger charge is -2.26. The number of carbonyl (C=O) groups excluding carboxylic acids is 1. The first-order valence-corrected chi connectivity index (χ1v) is 11.9. The summed E-state index contributed by atoms with van der Waals surface area (Å²) in [5.74, 6) is 2.12. The van der Waals surface area contributed by atoms with Crippen molar-refractivity contribution in [2.75, 3.05) is 50.7 Å². The molecule has 6 nitrogen and oxygen atoms in total. The number of likely N-dealkylation sites (N-methyl/N-ethyl adjacent to an activating group) is 1. The number of hydrogen-bond acceptors (Lipinski definition) is 6. The van der Waals surface area contributed by atoms with E-state index in [4.69, 9.17) is 4.98 Å². The van der Waals surface area contributed by atoms with E-state index in [0.29, 0.717) is 6.54 Å². The third-order valence-corrected chi connectivity index (χ3v) is 7.60. The molecule has 1 saturated heterocycles. The Morgan fingerprint density at radius 2 is 2.03 bits per heavy atom. The van der Waals surface area contributed by atoms with Crippen LogP contribution in [0, 0.1) is 5.92 Å². The minimum Gasteiger partial charge on any atom is -0.355 e. The number of anilines is 1. The number of rotatable bonds is 5. The number of fused-ring (bicyclic) bond motifs is 3. The maximum Gasteiger partial charge on any atom is 0.236 e. The average Bonchev–Trinajstić information content (AvgIpc) is 2.92. The molecule has 4 rings (SSSR count). The topological polar surface area (TPSA) is 52.6 Å². The van der Waals surface area contributed by atoms with Gasteiger partial charge in [0.25, 0.3) is 0 Å². The van der Waals surface area contributed by atoms with E-state index in [9.17, 15) is 4.79 Å². The molecule has 2 aromatic rings. The van der Waals surface area contributed by atoms with Crippen molar-refractivity contribution in [1.82, 2.24) is 19.8 Å². The molecule has 7 heteroatoms. The van der Waals surface area contributed by atoms with E-state index in [2.05, 4.69) is 21.7 Å². The molecule has 0 saturated carbocycles. The normalized spacial score (nSPS) is 20.5. The summed E-state index contributed by atoms with van der Waals surface area (Å²) in [6.45, 7) is 12.3. The minimum absolute atomic E-state index is 0.244. The van der Waals surface area contributed by atoms with Crippen LogP contribution in [0.1, 0.15) is 44.1 Å². The van der Waals surface area contributed by atoms with Gasteiger partial charge in [-0.2, -0.15) is 0 Å². The first kappa shape index (κ1) is 20.5. The van der Waals surface area contributed by atoms with Gasteiger partial charge in [0.05, 0.1) is 11.9 Å². The fourth-order valence-corrected chi connectivity index (χ4v) is 6.05.